The van der Waals surface area contributed by atoms with E-state index >= 15 is 0 Å². The fourth-order valence-corrected chi connectivity index (χ4v) is 3.13. The molecule has 0 spiro atoms. The number of anilines is 1. The molecule has 0 unspecified atom stereocenters. The van der Waals surface area contributed by atoms with Gasteiger partial charge in [0.1, 0.15) is 0 Å². The van der Waals surface area contributed by atoms with Crippen LogP contribution in [-0.2, 0) is 10.0 Å². The number of nitrogens with one attached hydrogen (secondary N) is 1. The van der Waals surface area contributed by atoms with Gasteiger partial charge in [-0.3, -0.25) is 0 Å². The van der Waals surface area contributed by atoms with Crippen molar-refractivity contribution in [1.82, 2.24) is 9.40 Å². The summed E-state index contributed by atoms with van der Waals surface area (Å²) in [7, 11) is -3.72. The van der Waals surface area contributed by atoms with Crippen molar-refractivity contribution in [3.05, 3.63) is 78.6 Å². The van der Waals surface area contributed by atoms with Crippen LogP contribution < -0.4 is 10.6 Å². The van der Waals surface area contributed by atoms with Gasteiger partial charge >= 0.3 is 0 Å². The third kappa shape index (κ3) is 3.89. The summed E-state index contributed by atoms with van der Waals surface area (Å²) in [6, 6.07) is 17.5. The van der Waals surface area contributed by atoms with E-state index in [9.17, 15) is 8.42 Å². The quantitative estimate of drug-likeness (QED) is 0.419. The molecule has 6 nitrogen and oxygen atoms in total. The SMILES string of the molecule is C/C(=N\NS(=O)(=O)c1ccc(N)cc1)c1ccc(-n2cccc2)cc1. The number of nitrogens with zero attached hydrogens (tertiary/aromatic N) is 2. The van der Waals surface area contributed by atoms with Crippen molar-refractivity contribution in [3.8, 4) is 5.69 Å². The molecule has 3 aromatic rings. The predicted octanol–water partition coefficient (Wildman–Crippen LogP) is 2.76. The Hall–Kier alpha value is -3.06. The smallest absolute Gasteiger partial charge is 0.276 e. The van der Waals surface area contributed by atoms with Crippen molar-refractivity contribution in [2.75, 3.05) is 5.73 Å². The molecule has 0 saturated carbocycles. The monoisotopic (exact) mass is 354 g/mol. The number of aromatic nitrogens is 1. The van der Waals surface area contributed by atoms with E-state index in [0.29, 0.717) is 11.4 Å². The molecular formula is C18H18N4O2S. The summed E-state index contributed by atoms with van der Waals surface area (Å²) in [6.45, 7) is 1.75. The number of benzene rings is 2. The van der Waals surface area contributed by atoms with Crippen molar-refractivity contribution in [2.24, 2.45) is 5.10 Å². The molecule has 0 radical (unpaired) electrons. The Bertz CT molecular complexity index is 975. The number of nitrogen functional groups attached to an aromatic ring is 1. The Morgan fingerprint density at radius 1 is 1.00 bits per heavy atom. The summed E-state index contributed by atoms with van der Waals surface area (Å²) in [5.74, 6) is 0. The molecule has 0 saturated heterocycles. The molecule has 0 atom stereocenters. The molecule has 128 valence electrons. The van der Waals surface area contributed by atoms with Crippen molar-refractivity contribution in [2.45, 2.75) is 11.8 Å². The Morgan fingerprint density at radius 2 is 1.60 bits per heavy atom. The van der Waals surface area contributed by atoms with Gasteiger partial charge in [-0.05, 0) is 61.0 Å². The van der Waals surface area contributed by atoms with Gasteiger partial charge in [0.05, 0.1) is 10.6 Å². The van der Waals surface area contributed by atoms with E-state index in [-0.39, 0.29) is 4.90 Å². The lowest BCUT2D eigenvalue weighted by molar-refractivity contribution is 0.584. The molecule has 1 aromatic heterocycles. The number of rotatable bonds is 5. The first kappa shape index (κ1) is 16.8. The summed E-state index contributed by atoms with van der Waals surface area (Å²) in [5, 5.41) is 4.00. The normalized spacial score (nSPS) is 12.1. The summed E-state index contributed by atoms with van der Waals surface area (Å²) < 4.78 is 26.4. The summed E-state index contributed by atoms with van der Waals surface area (Å²) in [6.07, 6.45) is 3.91. The van der Waals surface area contributed by atoms with Gasteiger partial charge in [0.25, 0.3) is 10.0 Å². The van der Waals surface area contributed by atoms with Crippen LogP contribution in [0, 0.1) is 0 Å². The molecule has 0 bridgehead atoms. The van der Waals surface area contributed by atoms with E-state index in [2.05, 4.69) is 9.93 Å². The molecule has 2 aromatic carbocycles. The van der Waals surface area contributed by atoms with Gasteiger partial charge in [-0.1, -0.05) is 12.1 Å². The first-order valence-electron chi connectivity index (χ1n) is 7.61. The van der Waals surface area contributed by atoms with E-state index in [4.69, 9.17) is 5.73 Å². The highest BCUT2D eigenvalue weighted by Gasteiger charge is 2.12. The molecule has 0 aliphatic heterocycles. The van der Waals surface area contributed by atoms with Crippen LogP contribution in [0.1, 0.15) is 12.5 Å². The van der Waals surface area contributed by atoms with Crippen LogP contribution in [0.15, 0.2) is 83.1 Å². The molecule has 7 heteroatoms. The van der Waals surface area contributed by atoms with Crippen molar-refractivity contribution >= 4 is 21.4 Å². The molecule has 3 rings (SSSR count). The summed E-state index contributed by atoms with van der Waals surface area (Å²) in [4.78, 5) is 2.36. The second-order valence-electron chi connectivity index (χ2n) is 5.50. The topological polar surface area (TPSA) is 89.5 Å². The van der Waals surface area contributed by atoms with Gasteiger partial charge in [0.2, 0.25) is 0 Å². The van der Waals surface area contributed by atoms with Crippen LogP contribution in [0.2, 0.25) is 0 Å². The standard InChI is InChI=1S/C18H18N4O2S/c1-14(15-4-8-17(9-5-15)22-12-2-3-13-22)20-21-25(23,24)18-10-6-16(19)7-11-18/h2-13,21H,19H2,1H3/b20-14+. The summed E-state index contributed by atoms with van der Waals surface area (Å²) >= 11 is 0. The van der Waals surface area contributed by atoms with Crippen LogP contribution in [-0.4, -0.2) is 18.7 Å². The highest BCUT2D eigenvalue weighted by Crippen LogP contribution is 2.13. The molecule has 3 N–H and O–H groups in total. The third-order valence-electron chi connectivity index (χ3n) is 3.71. The minimum atomic E-state index is -3.72. The van der Waals surface area contributed by atoms with Crippen LogP contribution in [0.25, 0.3) is 5.69 Å². The molecule has 0 aliphatic carbocycles. The van der Waals surface area contributed by atoms with E-state index in [1.165, 1.54) is 24.3 Å². The van der Waals surface area contributed by atoms with E-state index in [1.807, 2.05) is 53.4 Å². The first-order valence-corrected chi connectivity index (χ1v) is 9.09. The first-order chi connectivity index (χ1) is 12.0. The Morgan fingerprint density at radius 3 is 2.20 bits per heavy atom. The Balaban J connectivity index is 1.76. The van der Waals surface area contributed by atoms with E-state index in [1.54, 1.807) is 6.92 Å². The van der Waals surface area contributed by atoms with Crippen LogP contribution >= 0.6 is 0 Å². The zero-order valence-corrected chi connectivity index (χ0v) is 14.4. The van der Waals surface area contributed by atoms with Crippen LogP contribution in [0.5, 0.6) is 0 Å². The van der Waals surface area contributed by atoms with Crippen LogP contribution in [0.4, 0.5) is 5.69 Å². The third-order valence-corrected chi connectivity index (χ3v) is 4.94. The minimum absolute atomic E-state index is 0.112. The average molecular weight is 354 g/mol. The minimum Gasteiger partial charge on any atom is -0.399 e. The lowest BCUT2D eigenvalue weighted by Crippen LogP contribution is -2.20. The maximum atomic E-state index is 12.2. The predicted molar refractivity (Wildman–Crippen MR) is 99.2 cm³/mol. The number of hydrazone groups is 1. The molecule has 25 heavy (non-hydrogen) atoms. The zero-order valence-electron chi connectivity index (χ0n) is 13.6. The van der Waals surface area contributed by atoms with Crippen LogP contribution in [0.3, 0.4) is 0 Å². The lowest BCUT2D eigenvalue weighted by Gasteiger charge is -2.07. The van der Waals surface area contributed by atoms with Crippen molar-refractivity contribution in [3.63, 3.8) is 0 Å². The highest BCUT2D eigenvalue weighted by atomic mass is 32.2. The molecule has 1 heterocycles. The van der Waals surface area contributed by atoms with E-state index in [0.717, 1.165) is 11.3 Å². The van der Waals surface area contributed by atoms with Gasteiger partial charge in [-0.15, -0.1) is 0 Å². The molecule has 0 aliphatic rings. The zero-order chi connectivity index (χ0) is 17.9. The second-order valence-corrected chi connectivity index (χ2v) is 7.16. The lowest BCUT2D eigenvalue weighted by atomic mass is 10.1. The Labute approximate surface area is 146 Å². The number of hydrogen-bond donors (Lipinski definition) is 2. The fraction of sp³-hybridized carbons (Fsp3) is 0.0556. The van der Waals surface area contributed by atoms with E-state index < -0.39 is 10.0 Å². The van der Waals surface area contributed by atoms with Crippen molar-refractivity contribution < 1.29 is 8.42 Å². The molecule has 0 fully saturated rings. The maximum Gasteiger partial charge on any atom is 0.276 e. The highest BCUT2D eigenvalue weighted by molar-refractivity contribution is 7.89. The largest absolute Gasteiger partial charge is 0.399 e. The number of hydrogen-bond acceptors (Lipinski definition) is 4. The van der Waals surface area contributed by atoms with Gasteiger partial charge in [0.15, 0.2) is 0 Å². The average Bonchev–Trinajstić information content (AvgIpc) is 3.15. The van der Waals surface area contributed by atoms with Gasteiger partial charge in [-0.25, -0.2) is 0 Å². The van der Waals surface area contributed by atoms with Gasteiger partial charge in [0, 0.05) is 23.8 Å². The van der Waals surface area contributed by atoms with Crippen molar-refractivity contribution in [1.29, 1.82) is 0 Å². The van der Waals surface area contributed by atoms with Gasteiger partial charge in [-0.2, -0.15) is 18.4 Å². The number of nitrogens with two attached hydrogens (primary N) is 1. The number of sulfonamides is 1. The Kier molecular flexibility index (Phi) is 4.58. The fourth-order valence-electron chi connectivity index (χ4n) is 2.27. The molecular weight excluding hydrogens is 336 g/mol. The van der Waals surface area contributed by atoms with Gasteiger partial charge < -0.3 is 10.3 Å². The second kappa shape index (κ2) is 6.82. The molecule has 0 amide bonds. The maximum absolute atomic E-state index is 12.2. The summed E-state index contributed by atoms with van der Waals surface area (Å²) in [5.41, 5.74) is 8.49.